The average molecular weight is 331 g/mol. The summed E-state index contributed by atoms with van der Waals surface area (Å²) in [5.74, 6) is 0.766. The highest BCUT2D eigenvalue weighted by atomic mass is 35.5. The fourth-order valence-electron chi connectivity index (χ4n) is 1.94. The lowest BCUT2D eigenvalue weighted by molar-refractivity contribution is 0.315. The Balaban J connectivity index is 2.29. The molecule has 2 rings (SSSR count). The maximum atomic E-state index is 6.23. The number of aromatic nitrogens is 1. The third-order valence-corrected chi connectivity index (χ3v) is 4.34. The third-order valence-electron chi connectivity index (χ3n) is 2.82. The first-order valence-corrected chi connectivity index (χ1v) is 7.92. The van der Waals surface area contributed by atoms with Crippen LogP contribution >= 0.6 is 34.5 Å². The van der Waals surface area contributed by atoms with Gasteiger partial charge in [0, 0.05) is 11.8 Å². The molecule has 108 valence electrons. The van der Waals surface area contributed by atoms with E-state index in [1.54, 1.807) is 6.20 Å². The van der Waals surface area contributed by atoms with Crippen LogP contribution in [0.2, 0.25) is 8.67 Å². The van der Waals surface area contributed by atoms with Crippen molar-refractivity contribution in [2.24, 2.45) is 0 Å². The van der Waals surface area contributed by atoms with E-state index in [9.17, 15) is 0 Å². The number of rotatable bonds is 6. The molecule has 0 aromatic carbocycles. The molecule has 20 heavy (non-hydrogen) atoms. The number of pyridine rings is 1. The van der Waals surface area contributed by atoms with Crippen LogP contribution in [0, 0.1) is 0 Å². The second-order valence-electron chi connectivity index (χ2n) is 4.30. The van der Waals surface area contributed by atoms with Crippen molar-refractivity contribution >= 4 is 34.5 Å². The monoisotopic (exact) mass is 330 g/mol. The van der Waals surface area contributed by atoms with Crippen molar-refractivity contribution in [3.8, 4) is 5.75 Å². The minimum atomic E-state index is -0.0519. The summed E-state index contributed by atoms with van der Waals surface area (Å²) in [7, 11) is 1.88. The summed E-state index contributed by atoms with van der Waals surface area (Å²) < 4.78 is 6.98. The Hall–Kier alpha value is -0.810. The molecule has 0 aliphatic heterocycles. The maximum Gasteiger partial charge on any atom is 0.137 e. The number of thiophene rings is 1. The Kier molecular flexibility index (Phi) is 5.66. The zero-order valence-electron chi connectivity index (χ0n) is 11.3. The zero-order valence-corrected chi connectivity index (χ0v) is 13.6. The van der Waals surface area contributed by atoms with Gasteiger partial charge in [0.2, 0.25) is 0 Å². The van der Waals surface area contributed by atoms with Crippen LogP contribution in [0.25, 0.3) is 0 Å². The molecule has 0 spiro atoms. The summed E-state index contributed by atoms with van der Waals surface area (Å²) in [5, 5.41) is 3.24. The van der Waals surface area contributed by atoms with Gasteiger partial charge >= 0.3 is 0 Å². The van der Waals surface area contributed by atoms with Gasteiger partial charge < -0.3 is 10.1 Å². The van der Waals surface area contributed by atoms with Crippen LogP contribution in [0.15, 0.2) is 24.5 Å². The molecule has 1 unspecified atom stereocenters. The molecule has 0 saturated carbocycles. The maximum absolute atomic E-state index is 6.23. The molecule has 0 aliphatic carbocycles. The molecule has 0 amide bonds. The second-order valence-corrected chi connectivity index (χ2v) is 6.59. The number of hydrogen-bond donors (Lipinski definition) is 1. The highest BCUT2D eigenvalue weighted by Crippen LogP contribution is 2.37. The second kappa shape index (κ2) is 7.27. The van der Waals surface area contributed by atoms with E-state index in [2.05, 4.69) is 17.2 Å². The molecule has 0 saturated heterocycles. The van der Waals surface area contributed by atoms with Gasteiger partial charge in [0.15, 0.2) is 0 Å². The van der Waals surface area contributed by atoms with Crippen molar-refractivity contribution in [2.45, 2.75) is 19.4 Å². The number of nitrogens with one attached hydrogen (secondary N) is 1. The average Bonchev–Trinajstić information content (AvgIpc) is 2.77. The number of ether oxygens (including phenoxy) is 1. The Labute approximate surface area is 132 Å². The zero-order chi connectivity index (χ0) is 14.5. The van der Waals surface area contributed by atoms with Gasteiger partial charge in [0.1, 0.15) is 5.75 Å². The summed E-state index contributed by atoms with van der Waals surface area (Å²) in [6.45, 7) is 2.75. The molecule has 0 aliphatic rings. The molecule has 3 nitrogen and oxygen atoms in total. The van der Waals surface area contributed by atoms with Gasteiger partial charge in [-0.3, -0.25) is 4.98 Å². The Morgan fingerprint density at radius 1 is 1.35 bits per heavy atom. The normalized spacial score (nSPS) is 12.4. The van der Waals surface area contributed by atoms with Crippen molar-refractivity contribution in [2.75, 3.05) is 13.7 Å². The fourth-order valence-corrected chi connectivity index (χ4v) is 3.48. The van der Waals surface area contributed by atoms with E-state index >= 15 is 0 Å². The highest BCUT2D eigenvalue weighted by molar-refractivity contribution is 7.20. The molecule has 2 aromatic heterocycles. The van der Waals surface area contributed by atoms with Crippen molar-refractivity contribution in [3.05, 3.63) is 44.3 Å². The summed E-state index contributed by atoms with van der Waals surface area (Å²) >= 11 is 13.6. The molecule has 2 heterocycles. The standard InChI is InChI=1S/C14H16Cl2N2OS/c1-3-4-19-10-5-9(7-18-8-10)13(17-2)11-6-12(15)20-14(11)16/h5-8,13,17H,3-4H2,1-2H3. The predicted octanol–water partition coefficient (Wildman–Crippen LogP) is 4.55. The SMILES string of the molecule is CCCOc1cncc(C(NC)c2cc(Cl)sc2Cl)c1. The van der Waals surface area contributed by atoms with Gasteiger partial charge in [-0.25, -0.2) is 0 Å². The molecule has 0 radical (unpaired) electrons. The van der Waals surface area contributed by atoms with E-state index in [4.69, 9.17) is 27.9 Å². The van der Waals surface area contributed by atoms with Crippen LogP contribution in [0.1, 0.15) is 30.5 Å². The molecule has 1 atom stereocenters. The van der Waals surface area contributed by atoms with Gasteiger partial charge in [0.25, 0.3) is 0 Å². The minimum Gasteiger partial charge on any atom is -0.492 e. The molecule has 1 N–H and O–H groups in total. The van der Waals surface area contributed by atoms with Crippen LogP contribution in [-0.2, 0) is 0 Å². The molecular formula is C14H16Cl2N2OS. The predicted molar refractivity (Wildman–Crippen MR) is 85.3 cm³/mol. The lowest BCUT2D eigenvalue weighted by atomic mass is 10.0. The van der Waals surface area contributed by atoms with Crippen molar-refractivity contribution < 1.29 is 4.74 Å². The van der Waals surface area contributed by atoms with Gasteiger partial charge in [-0.1, -0.05) is 30.1 Å². The first-order valence-electron chi connectivity index (χ1n) is 6.35. The smallest absolute Gasteiger partial charge is 0.137 e. The Morgan fingerprint density at radius 3 is 2.75 bits per heavy atom. The van der Waals surface area contributed by atoms with Crippen molar-refractivity contribution in [1.82, 2.24) is 10.3 Å². The molecule has 6 heteroatoms. The van der Waals surface area contributed by atoms with E-state index in [0.29, 0.717) is 15.3 Å². The largest absolute Gasteiger partial charge is 0.492 e. The van der Waals surface area contributed by atoms with Crippen molar-refractivity contribution in [1.29, 1.82) is 0 Å². The van der Waals surface area contributed by atoms with Gasteiger partial charge in [0.05, 0.1) is 27.5 Å². The van der Waals surface area contributed by atoms with Gasteiger partial charge in [-0.2, -0.15) is 0 Å². The van der Waals surface area contributed by atoms with Crippen LogP contribution in [0.4, 0.5) is 0 Å². The quantitative estimate of drug-likeness (QED) is 0.843. The van der Waals surface area contributed by atoms with Crippen LogP contribution in [0.3, 0.4) is 0 Å². The third kappa shape index (κ3) is 3.64. The number of nitrogens with zero attached hydrogens (tertiary/aromatic N) is 1. The Morgan fingerprint density at radius 2 is 2.15 bits per heavy atom. The van der Waals surface area contributed by atoms with Crippen molar-refractivity contribution in [3.63, 3.8) is 0 Å². The van der Waals surface area contributed by atoms with E-state index < -0.39 is 0 Å². The molecular weight excluding hydrogens is 315 g/mol. The minimum absolute atomic E-state index is 0.0519. The topological polar surface area (TPSA) is 34.1 Å². The van der Waals surface area contributed by atoms with E-state index in [1.165, 1.54) is 11.3 Å². The fraction of sp³-hybridized carbons (Fsp3) is 0.357. The first kappa shape index (κ1) is 15.6. The van der Waals surface area contributed by atoms with Crippen LogP contribution in [0.5, 0.6) is 5.75 Å². The van der Waals surface area contributed by atoms with Crippen LogP contribution in [-0.4, -0.2) is 18.6 Å². The van der Waals surface area contributed by atoms with E-state index in [-0.39, 0.29) is 6.04 Å². The first-order chi connectivity index (χ1) is 9.65. The van der Waals surface area contributed by atoms with E-state index in [1.807, 2.05) is 25.4 Å². The lowest BCUT2D eigenvalue weighted by Gasteiger charge is -2.16. The summed E-state index contributed by atoms with van der Waals surface area (Å²) in [4.78, 5) is 4.23. The van der Waals surface area contributed by atoms with Gasteiger partial charge in [-0.05, 0) is 31.2 Å². The summed E-state index contributed by atoms with van der Waals surface area (Å²) in [6.07, 6.45) is 4.49. The number of hydrogen-bond acceptors (Lipinski definition) is 4. The summed E-state index contributed by atoms with van der Waals surface area (Å²) in [5.41, 5.74) is 1.95. The van der Waals surface area contributed by atoms with Gasteiger partial charge in [-0.15, -0.1) is 11.3 Å². The molecule has 2 aromatic rings. The number of halogens is 2. The summed E-state index contributed by atoms with van der Waals surface area (Å²) in [6, 6.07) is 3.81. The van der Waals surface area contributed by atoms with Crippen LogP contribution < -0.4 is 10.1 Å². The highest BCUT2D eigenvalue weighted by Gasteiger charge is 2.18. The molecule has 0 bridgehead atoms. The molecule has 0 fully saturated rings. The van der Waals surface area contributed by atoms with E-state index in [0.717, 1.165) is 23.3 Å². The Bertz CT molecular complexity index is 574. The lowest BCUT2D eigenvalue weighted by Crippen LogP contribution is -2.17.